The highest BCUT2D eigenvalue weighted by Gasteiger charge is 2.21. The lowest BCUT2D eigenvalue weighted by molar-refractivity contribution is -0.115. The summed E-state index contributed by atoms with van der Waals surface area (Å²) in [4.78, 5) is 12.4. The van der Waals surface area contributed by atoms with Gasteiger partial charge < -0.3 is 9.88 Å². The number of anilines is 1. The highest BCUT2D eigenvalue weighted by Crippen LogP contribution is 2.25. The molecule has 0 saturated heterocycles. The third kappa shape index (κ3) is 4.75. The minimum Gasteiger partial charge on any atom is -0.323 e. The second-order valence-corrected chi connectivity index (χ2v) is 7.49. The van der Waals surface area contributed by atoms with Crippen LogP contribution in [0.2, 0.25) is 0 Å². The largest absolute Gasteiger partial charge is 0.323 e. The van der Waals surface area contributed by atoms with Gasteiger partial charge in [0.25, 0.3) is 0 Å². The van der Waals surface area contributed by atoms with Crippen molar-refractivity contribution in [2.24, 2.45) is 0 Å². The summed E-state index contributed by atoms with van der Waals surface area (Å²) < 4.78 is 29.0. The third-order valence-electron chi connectivity index (χ3n) is 4.15. The molecule has 1 aromatic heterocycles. The summed E-state index contributed by atoms with van der Waals surface area (Å²) in [6.45, 7) is 4.32. The van der Waals surface area contributed by atoms with Crippen LogP contribution in [0.4, 0.5) is 14.5 Å². The number of carbonyl (C=O) groups excluding carboxylic acids is 1. The highest BCUT2D eigenvalue weighted by atomic mass is 32.2. The van der Waals surface area contributed by atoms with Crippen molar-refractivity contribution in [3.05, 3.63) is 71.6 Å². The lowest BCUT2D eigenvalue weighted by Crippen LogP contribution is -2.23. The first kappa shape index (κ1) is 20.0. The summed E-state index contributed by atoms with van der Waals surface area (Å²) in [5.41, 5.74) is 0.938. The maximum atomic E-state index is 13.7. The van der Waals surface area contributed by atoms with Crippen molar-refractivity contribution in [1.29, 1.82) is 0 Å². The van der Waals surface area contributed by atoms with Gasteiger partial charge in [0.05, 0.1) is 10.9 Å². The van der Waals surface area contributed by atoms with Gasteiger partial charge in [-0.05, 0) is 31.5 Å². The molecule has 1 N–H and O–H groups in total. The Morgan fingerprint density at radius 2 is 1.93 bits per heavy atom. The van der Waals surface area contributed by atoms with Gasteiger partial charge in [-0.15, -0.1) is 10.2 Å². The minimum atomic E-state index is -0.686. The fraction of sp³-hybridized carbons (Fsp3) is 0.250. The number of amides is 1. The first-order chi connectivity index (χ1) is 13.5. The van der Waals surface area contributed by atoms with Gasteiger partial charge in [-0.3, -0.25) is 4.79 Å². The summed E-state index contributed by atoms with van der Waals surface area (Å²) >= 11 is 1.22. The van der Waals surface area contributed by atoms with E-state index < -0.39 is 22.8 Å². The smallest absolute Gasteiger partial charge is 0.237 e. The first-order valence-corrected chi connectivity index (χ1v) is 9.74. The average Bonchev–Trinajstić information content (AvgIpc) is 3.06. The molecular weight excluding hydrogens is 382 g/mol. The van der Waals surface area contributed by atoms with E-state index in [9.17, 15) is 13.6 Å². The predicted octanol–water partition coefficient (Wildman–Crippen LogP) is 4.29. The summed E-state index contributed by atoms with van der Waals surface area (Å²) in [7, 11) is 0. The molecule has 2 aromatic carbocycles. The first-order valence-electron chi connectivity index (χ1n) is 8.86. The zero-order chi connectivity index (χ0) is 20.1. The number of hydrogen-bond donors (Lipinski definition) is 1. The number of nitrogens with zero attached hydrogens (tertiary/aromatic N) is 3. The quantitative estimate of drug-likeness (QED) is 0.599. The summed E-state index contributed by atoms with van der Waals surface area (Å²) in [6.07, 6.45) is 0.636. The molecule has 0 spiro atoms. The lowest BCUT2D eigenvalue weighted by Gasteiger charge is -2.13. The molecule has 5 nitrogen and oxygen atoms in total. The predicted molar refractivity (Wildman–Crippen MR) is 105 cm³/mol. The van der Waals surface area contributed by atoms with Crippen LogP contribution in [0, 0.1) is 11.6 Å². The Morgan fingerprint density at radius 1 is 1.18 bits per heavy atom. The summed E-state index contributed by atoms with van der Waals surface area (Å²) in [5, 5.41) is 10.9. The maximum Gasteiger partial charge on any atom is 0.237 e. The number of thioether (sulfide) groups is 1. The topological polar surface area (TPSA) is 59.8 Å². The number of nitrogens with one attached hydrogen (secondary N) is 1. The molecule has 0 aliphatic rings. The lowest BCUT2D eigenvalue weighted by atomic mass is 10.1. The molecule has 3 rings (SSSR count). The number of halogens is 2. The number of carbonyl (C=O) groups is 1. The monoisotopic (exact) mass is 402 g/mol. The van der Waals surface area contributed by atoms with Gasteiger partial charge in [-0.2, -0.15) is 0 Å². The zero-order valence-corrected chi connectivity index (χ0v) is 16.3. The average molecular weight is 402 g/mol. The molecule has 0 aliphatic heterocycles. The van der Waals surface area contributed by atoms with E-state index in [2.05, 4.69) is 15.5 Å². The van der Waals surface area contributed by atoms with Gasteiger partial charge in [0.15, 0.2) is 5.16 Å². The van der Waals surface area contributed by atoms with Crippen molar-refractivity contribution in [2.45, 2.75) is 37.2 Å². The fourth-order valence-corrected chi connectivity index (χ4v) is 3.60. The van der Waals surface area contributed by atoms with Crippen LogP contribution in [0.1, 0.15) is 25.2 Å². The molecule has 0 fully saturated rings. The van der Waals surface area contributed by atoms with Gasteiger partial charge >= 0.3 is 0 Å². The fourth-order valence-electron chi connectivity index (χ4n) is 2.67. The maximum absolute atomic E-state index is 13.7. The van der Waals surface area contributed by atoms with E-state index in [-0.39, 0.29) is 5.69 Å². The molecule has 0 radical (unpaired) electrons. The number of rotatable bonds is 7. The Morgan fingerprint density at radius 3 is 2.64 bits per heavy atom. The highest BCUT2D eigenvalue weighted by molar-refractivity contribution is 8.00. The van der Waals surface area contributed by atoms with Gasteiger partial charge in [-0.25, -0.2) is 8.78 Å². The number of aromatic nitrogens is 3. The van der Waals surface area contributed by atoms with Crippen molar-refractivity contribution in [3.8, 4) is 0 Å². The molecule has 28 heavy (non-hydrogen) atoms. The van der Waals surface area contributed by atoms with Gasteiger partial charge in [0, 0.05) is 19.0 Å². The Labute approximate surface area is 166 Å². The molecule has 1 atom stereocenters. The van der Waals surface area contributed by atoms with Crippen LogP contribution in [0.25, 0.3) is 0 Å². The summed E-state index contributed by atoms with van der Waals surface area (Å²) in [6, 6.07) is 12.9. The molecular formula is C20H20F2N4OS. The van der Waals surface area contributed by atoms with Gasteiger partial charge in [0.2, 0.25) is 5.91 Å². The molecule has 3 aromatic rings. The van der Waals surface area contributed by atoms with Crippen LogP contribution in [0.3, 0.4) is 0 Å². The molecule has 1 amide bonds. The molecule has 146 valence electrons. The van der Waals surface area contributed by atoms with E-state index in [1.54, 1.807) is 6.92 Å². The van der Waals surface area contributed by atoms with Crippen LogP contribution in [0.5, 0.6) is 0 Å². The van der Waals surface area contributed by atoms with Crippen molar-refractivity contribution < 1.29 is 13.6 Å². The standard InChI is InChI=1S/C20H20F2N4OS/c1-3-26-18(11-14-7-5-4-6-8-14)24-25-20(26)28-13(2)19(27)23-17-12-15(21)9-10-16(17)22/h4-10,12-13H,3,11H2,1-2H3,(H,23,27)/t13-/m1/s1. The normalized spacial score (nSPS) is 12.0. The van der Waals surface area contributed by atoms with Crippen LogP contribution in [-0.4, -0.2) is 25.9 Å². The number of benzene rings is 2. The van der Waals surface area contributed by atoms with Crippen molar-refractivity contribution in [3.63, 3.8) is 0 Å². The van der Waals surface area contributed by atoms with Crippen LogP contribution >= 0.6 is 11.8 Å². The molecule has 0 aliphatic carbocycles. The van der Waals surface area contributed by atoms with Crippen LogP contribution in [0.15, 0.2) is 53.7 Å². The van der Waals surface area contributed by atoms with Gasteiger partial charge in [-0.1, -0.05) is 42.1 Å². The molecule has 0 saturated carbocycles. The minimum absolute atomic E-state index is 0.181. The van der Waals surface area contributed by atoms with Crippen molar-refractivity contribution in [1.82, 2.24) is 14.8 Å². The van der Waals surface area contributed by atoms with Gasteiger partial charge in [0.1, 0.15) is 17.5 Å². The number of hydrogen-bond acceptors (Lipinski definition) is 4. The van der Waals surface area contributed by atoms with E-state index in [1.807, 2.05) is 41.8 Å². The summed E-state index contributed by atoms with van der Waals surface area (Å²) in [5.74, 6) is -0.938. The van der Waals surface area contributed by atoms with Crippen LogP contribution < -0.4 is 5.32 Å². The zero-order valence-electron chi connectivity index (χ0n) is 15.5. The van der Waals surface area contributed by atoms with E-state index in [0.717, 1.165) is 29.6 Å². The van der Waals surface area contributed by atoms with E-state index >= 15 is 0 Å². The Bertz CT molecular complexity index is 962. The second-order valence-electron chi connectivity index (χ2n) is 6.18. The van der Waals surface area contributed by atoms with Crippen LogP contribution in [-0.2, 0) is 17.8 Å². The molecule has 0 unspecified atom stereocenters. The van der Waals surface area contributed by atoms with Crippen molar-refractivity contribution >= 4 is 23.4 Å². The SMILES string of the molecule is CCn1c(Cc2ccccc2)nnc1S[C@H](C)C(=O)Nc1cc(F)ccc1F. The molecule has 1 heterocycles. The van der Waals surface area contributed by atoms with E-state index in [1.165, 1.54) is 11.8 Å². The Hall–Kier alpha value is -2.74. The second kappa shape index (κ2) is 8.97. The molecule has 0 bridgehead atoms. The molecule has 8 heteroatoms. The Balaban J connectivity index is 1.70. The van der Waals surface area contributed by atoms with E-state index in [4.69, 9.17) is 0 Å². The van der Waals surface area contributed by atoms with E-state index in [0.29, 0.717) is 18.1 Å². The third-order valence-corrected chi connectivity index (χ3v) is 5.23. The van der Waals surface area contributed by atoms with Crippen molar-refractivity contribution in [2.75, 3.05) is 5.32 Å². The Kier molecular flexibility index (Phi) is 6.41.